The van der Waals surface area contributed by atoms with E-state index < -0.39 is 0 Å². The Morgan fingerprint density at radius 2 is 1.59 bits per heavy atom. The molecule has 3 heteroatoms. The van der Waals surface area contributed by atoms with E-state index in [-0.39, 0.29) is 5.41 Å². The Labute approximate surface area is 163 Å². The topological polar surface area (TPSA) is 27.1 Å². The van der Waals surface area contributed by atoms with Crippen LogP contribution in [0.2, 0.25) is 0 Å². The summed E-state index contributed by atoms with van der Waals surface area (Å²) in [5, 5.41) is 0. The third-order valence-electron chi connectivity index (χ3n) is 4.53. The zero-order valence-electron chi connectivity index (χ0n) is 17.1. The number of aryl methyl sites for hydroxylation is 1. The van der Waals surface area contributed by atoms with Gasteiger partial charge in [-0.1, -0.05) is 69.3 Å². The molecule has 1 heterocycles. The summed E-state index contributed by atoms with van der Waals surface area (Å²) in [5.74, 6) is 1.00. The molecule has 0 radical (unpaired) electrons. The van der Waals surface area contributed by atoms with Gasteiger partial charge in [-0.2, -0.15) is 0 Å². The van der Waals surface area contributed by atoms with Crippen LogP contribution in [0.4, 0.5) is 0 Å². The number of benzene rings is 2. The third kappa shape index (κ3) is 4.67. The van der Waals surface area contributed by atoms with Crippen molar-refractivity contribution in [1.82, 2.24) is 9.55 Å². The number of rotatable bonds is 6. The predicted molar refractivity (Wildman–Crippen MR) is 113 cm³/mol. The fraction of sp³-hybridized carbons (Fsp3) is 0.375. The summed E-state index contributed by atoms with van der Waals surface area (Å²) in [6.45, 7) is 13.0. The Morgan fingerprint density at radius 1 is 0.926 bits per heavy atom. The monoisotopic (exact) mass is 362 g/mol. The first-order valence-corrected chi connectivity index (χ1v) is 9.68. The number of ether oxygens (including phenoxy) is 1. The molecule has 0 fully saturated rings. The van der Waals surface area contributed by atoms with Crippen LogP contribution in [0.3, 0.4) is 0 Å². The molecular formula is C24H30N2O. The average Bonchev–Trinajstić information content (AvgIpc) is 2.94. The second kappa shape index (κ2) is 8.10. The molecule has 0 amide bonds. The molecule has 0 unspecified atom stereocenters. The van der Waals surface area contributed by atoms with E-state index in [1.165, 1.54) is 22.4 Å². The summed E-state index contributed by atoms with van der Waals surface area (Å²) < 4.78 is 8.03. The highest BCUT2D eigenvalue weighted by molar-refractivity contribution is 5.72. The average molecular weight is 363 g/mol. The van der Waals surface area contributed by atoms with Crippen LogP contribution in [-0.2, 0) is 17.9 Å². The van der Waals surface area contributed by atoms with Crippen molar-refractivity contribution in [2.45, 2.75) is 47.8 Å². The summed E-state index contributed by atoms with van der Waals surface area (Å²) in [4.78, 5) is 4.85. The first-order chi connectivity index (χ1) is 12.9. The fourth-order valence-electron chi connectivity index (χ4n) is 3.42. The lowest BCUT2D eigenvalue weighted by Gasteiger charge is -2.23. The molecule has 1 aromatic heterocycles. The molecule has 0 atom stereocenters. The van der Waals surface area contributed by atoms with Crippen LogP contribution in [0, 0.1) is 12.3 Å². The minimum atomic E-state index is 0.153. The Balaban J connectivity index is 2.09. The van der Waals surface area contributed by atoms with Gasteiger partial charge in [0.1, 0.15) is 12.4 Å². The van der Waals surface area contributed by atoms with Crippen molar-refractivity contribution in [3.05, 3.63) is 66.1 Å². The Bertz CT molecular complexity index is 888. The van der Waals surface area contributed by atoms with E-state index >= 15 is 0 Å². The summed E-state index contributed by atoms with van der Waals surface area (Å²) in [5.41, 5.74) is 6.06. The van der Waals surface area contributed by atoms with E-state index in [0.717, 1.165) is 18.1 Å². The van der Waals surface area contributed by atoms with Crippen LogP contribution in [0.1, 0.15) is 39.2 Å². The van der Waals surface area contributed by atoms with Crippen molar-refractivity contribution in [1.29, 1.82) is 0 Å². The van der Waals surface area contributed by atoms with Crippen molar-refractivity contribution < 1.29 is 4.74 Å². The zero-order chi connectivity index (χ0) is 19.4. The smallest absolute Gasteiger partial charge is 0.135 e. The summed E-state index contributed by atoms with van der Waals surface area (Å²) in [7, 11) is 0. The number of nitrogens with zero attached hydrogens (tertiary/aromatic N) is 2. The van der Waals surface area contributed by atoms with E-state index in [2.05, 4.69) is 86.9 Å². The van der Waals surface area contributed by atoms with Crippen LogP contribution < -0.4 is 0 Å². The van der Waals surface area contributed by atoms with Gasteiger partial charge in [-0.3, -0.25) is 0 Å². The van der Waals surface area contributed by atoms with Gasteiger partial charge in [-0.15, -0.1) is 0 Å². The van der Waals surface area contributed by atoms with Gasteiger partial charge in [-0.05, 0) is 36.5 Å². The lowest BCUT2D eigenvalue weighted by Crippen LogP contribution is -2.19. The number of hydrogen-bond donors (Lipinski definition) is 0. The molecule has 0 bridgehead atoms. The highest BCUT2D eigenvalue weighted by Crippen LogP contribution is 2.31. The largest absolute Gasteiger partial charge is 0.374 e. The van der Waals surface area contributed by atoms with Gasteiger partial charge in [-0.25, -0.2) is 4.98 Å². The highest BCUT2D eigenvalue weighted by Gasteiger charge is 2.21. The van der Waals surface area contributed by atoms with Crippen molar-refractivity contribution in [2.75, 3.05) is 6.61 Å². The van der Waals surface area contributed by atoms with Crippen LogP contribution in [0.15, 0.2) is 54.6 Å². The van der Waals surface area contributed by atoms with Gasteiger partial charge in [0.15, 0.2) is 0 Å². The summed E-state index contributed by atoms with van der Waals surface area (Å²) in [6, 6.07) is 19.3. The van der Waals surface area contributed by atoms with Gasteiger partial charge in [0.2, 0.25) is 0 Å². The van der Waals surface area contributed by atoms with Gasteiger partial charge >= 0.3 is 0 Å². The maximum atomic E-state index is 5.69. The Hall–Kier alpha value is -2.39. The van der Waals surface area contributed by atoms with E-state index in [0.29, 0.717) is 13.2 Å². The standard InChI is InChI=1S/C24H30N2O/c1-6-27-16-22-25-18(2)23(26(22)17-24(3,4)5)21-14-10-13-20(15-21)19-11-8-7-9-12-19/h7-15H,6,16-17H2,1-5H3. The molecule has 0 aliphatic carbocycles. The molecule has 3 aromatic rings. The zero-order valence-corrected chi connectivity index (χ0v) is 17.1. The molecule has 0 N–H and O–H groups in total. The third-order valence-corrected chi connectivity index (χ3v) is 4.53. The van der Waals surface area contributed by atoms with E-state index in [1.807, 2.05) is 6.92 Å². The van der Waals surface area contributed by atoms with Crippen LogP contribution in [-0.4, -0.2) is 16.2 Å². The molecule has 3 nitrogen and oxygen atoms in total. The summed E-state index contributed by atoms with van der Waals surface area (Å²) >= 11 is 0. The van der Waals surface area contributed by atoms with Gasteiger partial charge in [0.25, 0.3) is 0 Å². The molecule has 27 heavy (non-hydrogen) atoms. The molecule has 2 aromatic carbocycles. The molecule has 0 saturated heterocycles. The van der Waals surface area contributed by atoms with Crippen molar-refractivity contribution in [2.24, 2.45) is 5.41 Å². The molecule has 0 aliphatic heterocycles. The van der Waals surface area contributed by atoms with E-state index in [9.17, 15) is 0 Å². The Morgan fingerprint density at radius 3 is 2.26 bits per heavy atom. The number of imidazole rings is 1. The predicted octanol–water partition coefficient (Wildman–Crippen LogP) is 6.11. The lowest BCUT2D eigenvalue weighted by molar-refractivity contribution is 0.124. The minimum absolute atomic E-state index is 0.153. The highest BCUT2D eigenvalue weighted by atomic mass is 16.5. The number of hydrogen-bond acceptors (Lipinski definition) is 2. The Kier molecular flexibility index (Phi) is 5.81. The SMILES string of the molecule is CCOCc1nc(C)c(-c2cccc(-c3ccccc3)c2)n1CC(C)(C)C. The maximum absolute atomic E-state index is 5.69. The summed E-state index contributed by atoms with van der Waals surface area (Å²) in [6.07, 6.45) is 0. The van der Waals surface area contributed by atoms with Gasteiger partial charge < -0.3 is 9.30 Å². The maximum Gasteiger partial charge on any atom is 0.135 e. The quantitative estimate of drug-likeness (QED) is 0.529. The van der Waals surface area contributed by atoms with Crippen molar-refractivity contribution in [3.8, 4) is 22.4 Å². The van der Waals surface area contributed by atoms with Crippen molar-refractivity contribution >= 4 is 0 Å². The lowest BCUT2D eigenvalue weighted by atomic mass is 9.96. The first-order valence-electron chi connectivity index (χ1n) is 9.68. The van der Waals surface area contributed by atoms with Gasteiger partial charge in [0.05, 0.1) is 11.4 Å². The van der Waals surface area contributed by atoms with E-state index in [1.54, 1.807) is 0 Å². The molecular weight excluding hydrogens is 332 g/mol. The molecule has 3 rings (SSSR count). The van der Waals surface area contributed by atoms with Crippen LogP contribution >= 0.6 is 0 Å². The molecule has 142 valence electrons. The normalized spacial score (nSPS) is 11.7. The van der Waals surface area contributed by atoms with Gasteiger partial charge in [0, 0.05) is 18.7 Å². The molecule has 0 saturated carbocycles. The van der Waals surface area contributed by atoms with Crippen LogP contribution in [0.25, 0.3) is 22.4 Å². The second-order valence-electron chi connectivity index (χ2n) is 8.19. The number of aromatic nitrogens is 2. The van der Waals surface area contributed by atoms with E-state index in [4.69, 9.17) is 9.72 Å². The van der Waals surface area contributed by atoms with Crippen LogP contribution in [0.5, 0.6) is 0 Å². The first kappa shape index (κ1) is 19.4. The van der Waals surface area contributed by atoms with Crippen molar-refractivity contribution in [3.63, 3.8) is 0 Å². The minimum Gasteiger partial charge on any atom is -0.374 e. The second-order valence-corrected chi connectivity index (χ2v) is 8.19. The molecule has 0 aliphatic rings. The molecule has 0 spiro atoms. The fourth-order valence-corrected chi connectivity index (χ4v) is 3.42.